The molecule has 0 unspecified atom stereocenters. The van der Waals surface area contributed by atoms with Crippen molar-refractivity contribution in [2.24, 2.45) is 0 Å². The number of carbonyl (C=O) groups excluding carboxylic acids is 2. The number of nitrogens with one attached hydrogen (secondary N) is 2. The van der Waals surface area contributed by atoms with Gasteiger partial charge >= 0.3 is 0 Å². The number of anilines is 1. The average molecular weight is 401 g/mol. The molecule has 2 aromatic carbocycles. The van der Waals surface area contributed by atoms with Crippen molar-refractivity contribution in [2.45, 2.75) is 19.3 Å². The first-order valence-electron chi connectivity index (χ1n) is 10.3. The molecule has 3 heterocycles. The topological polar surface area (TPSA) is 74.4 Å². The molecule has 0 radical (unpaired) electrons. The molecular weight excluding hydrogens is 378 g/mol. The van der Waals surface area contributed by atoms with Crippen LogP contribution in [0.3, 0.4) is 0 Å². The third kappa shape index (κ3) is 3.56. The summed E-state index contributed by atoms with van der Waals surface area (Å²) in [7, 11) is 0. The van der Waals surface area contributed by atoms with Crippen LogP contribution in [0.2, 0.25) is 0 Å². The standard InChI is InChI=1S/C24H23N3O3/c28-23-8-5-17-13-18(6-7-21(17)26-23)30-15-24(29)27-11-9-16(10-12-27)20-14-25-22-4-2-1-3-19(20)22/h1-4,6-7,9,13-14,25H,5,8,10-12,15H2,(H,26,28). The molecule has 6 nitrogen and oxygen atoms in total. The summed E-state index contributed by atoms with van der Waals surface area (Å²) in [5.74, 6) is 0.678. The molecule has 0 spiro atoms. The number of hydrogen-bond acceptors (Lipinski definition) is 3. The molecule has 0 atom stereocenters. The highest BCUT2D eigenvalue weighted by Crippen LogP contribution is 2.29. The Balaban J connectivity index is 1.20. The second kappa shape index (κ2) is 7.71. The van der Waals surface area contributed by atoms with Gasteiger partial charge in [-0.3, -0.25) is 9.59 Å². The van der Waals surface area contributed by atoms with Crippen molar-refractivity contribution < 1.29 is 14.3 Å². The summed E-state index contributed by atoms with van der Waals surface area (Å²) in [6, 6.07) is 13.8. The first-order chi connectivity index (χ1) is 14.7. The van der Waals surface area contributed by atoms with Crippen LogP contribution in [0, 0.1) is 0 Å². The Morgan fingerprint density at radius 1 is 1.10 bits per heavy atom. The van der Waals surface area contributed by atoms with Crippen LogP contribution < -0.4 is 10.1 Å². The third-order valence-corrected chi connectivity index (χ3v) is 5.83. The highest BCUT2D eigenvalue weighted by Gasteiger charge is 2.20. The fourth-order valence-electron chi connectivity index (χ4n) is 4.16. The van der Waals surface area contributed by atoms with Gasteiger partial charge in [-0.25, -0.2) is 0 Å². The molecule has 0 saturated heterocycles. The predicted octanol–water partition coefficient (Wildman–Crippen LogP) is 3.75. The molecule has 3 aromatic rings. The van der Waals surface area contributed by atoms with Crippen molar-refractivity contribution in [3.05, 3.63) is 65.9 Å². The minimum Gasteiger partial charge on any atom is -0.484 e. The summed E-state index contributed by atoms with van der Waals surface area (Å²) in [5, 5.41) is 4.07. The molecule has 2 N–H and O–H groups in total. The van der Waals surface area contributed by atoms with Crippen LogP contribution in [0.1, 0.15) is 24.0 Å². The second-order valence-corrected chi connectivity index (χ2v) is 7.72. The minimum atomic E-state index is -0.0183. The van der Waals surface area contributed by atoms with Crippen molar-refractivity contribution in [3.63, 3.8) is 0 Å². The van der Waals surface area contributed by atoms with Gasteiger partial charge in [0.25, 0.3) is 5.91 Å². The number of H-pyrrole nitrogens is 1. The van der Waals surface area contributed by atoms with Gasteiger partial charge in [-0.15, -0.1) is 0 Å². The molecule has 30 heavy (non-hydrogen) atoms. The number of benzene rings is 2. The number of hydrogen-bond donors (Lipinski definition) is 2. The van der Waals surface area contributed by atoms with Crippen molar-refractivity contribution >= 4 is 34.0 Å². The molecule has 1 aromatic heterocycles. The molecule has 0 aliphatic carbocycles. The fraction of sp³-hybridized carbons (Fsp3) is 0.250. The average Bonchev–Trinajstić information content (AvgIpc) is 3.22. The lowest BCUT2D eigenvalue weighted by Crippen LogP contribution is -2.37. The summed E-state index contributed by atoms with van der Waals surface area (Å²) in [5.41, 5.74) is 5.49. The van der Waals surface area contributed by atoms with Gasteiger partial charge in [0.15, 0.2) is 6.61 Å². The van der Waals surface area contributed by atoms with Crippen LogP contribution >= 0.6 is 0 Å². The van der Waals surface area contributed by atoms with Gasteiger partial charge in [0.05, 0.1) is 0 Å². The minimum absolute atomic E-state index is 0.0153. The molecule has 0 fully saturated rings. The maximum absolute atomic E-state index is 12.6. The van der Waals surface area contributed by atoms with E-state index in [1.807, 2.05) is 29.2 Å². The van der Waals surface area contributed by atoms with Gasteiger partial charge in [-0.1, -0.05) is 24.3 Å². The van der Waals surface area contributed by atoms with E-state index in [9.17, 15) is 9.59 Å². The van der Waals surface area contributed by atoms with E-state index >= 15 is 0 Å². The van der Waals surface area contributed by atoms with Crippen LogP contribution in [-0.4, -0.2) is 41.4 Å². The summed E-state index contributed by atoms with van der Waals surface area (Å²) >= 11 is 0. The zero-order valence-electron chi connectivity index (χ0n) is 16.6. The number of para-hydroxylation sites is 1. The van der Waals surface area contributed by atoms with Crippen molar-refractivity contribution in [3.8, 4) is 5.75 Å². The summed E-state index contributed by atoms with van der Waals surface area (Å²) < 4.78 is 5.74. The molecule has 152 valence electrons. The van der Waals surface area contributed by atoms with E-state index in [1.54, 1.807) is 6.07 Å². The van der Waals surface area contributed by atoms with Gasteiger partial charge < -0.3 is 19.9 Å². The van der Waals surface area contributed by atoms with Gasteiger partial charge in [0.1, 0.15) is 5.75 Å². The predicted molar refractivity (Wildman–Crippen MR) is 116 cm³/mol. The van der Waals surface area contributed by atoms with E-state index in [2.05, 4.69) is 34.7 Å². The largest absolute Gasteiger partial charge is 0.484 e. The number of rotatable bonds is 4. The van der Waals surface area contributed by atoms with Crippen molar-refractivity contribution in [1.29, 1.82) is 0 Å². The van der Waals surface area contributed by atoms with E-state index in [0.717, 1.165) is 23.2 Å². The number of amides is 2. The Bertz CT molecular complexity index is 1160. The number of aromatic nitrogens is 1. The fourth-order valence-corrected chi connectivity index (χ4v) is 4.16. The molecule has 0 bridgehead atoms. The van der Waals surface area contributed by atoms with Crippen LogP contribution in [0.15, 0.2) is 54.7 Å². The molecule has 5 rings (SSSR count). The number of aromatic amines is 1. The lowest BCUT2D eigenvalue weighted by atomic mass is 9.99. The molecule has 6 heteroatoms. The molecule has 2 aliphatic heterocycles. The monoisotopic (exact) mass is 401 g/mol. The van der Waals surface area contributed by atoms with Crippen LogP contribution in [0.4, 0.5) is 5.69 Å². The zero-order valence-corrected chi connectivity index (χ0v) is 16.6. The van der Waals surface area contributed by atoms with E-state index in [-0.39, 0.29) is 18.4 Å². The Kier molecular flexibility index (Phi) is 4.75. The maximum Gasteiger partial charge on any atom is 0.260 e. The van der Waals surface area contributed by atoms with E-state index in [1.165, 1.54) is 16.5 Å². The second-order valence-electron chi connectivity index (χ2n) is 7.72. The van der Waals surface area contributed by atoms with Crippen molar-refractivity contribution in [2.75, 3.05) is 25.0 Å². The van der Waals surface area contributed by atoms with Gasteiger partial charge in [-0.05, 0) is 48.2 Å². The van der Waals surface area contributed by atoms with Gasteiger partial charge in [-0.2, -0.15) is 0 Å². The maximum atomic E-state index is 12.6. The number of aryl methyl sites for hydroxylation is 1. The Labute approximate surface area is 174 Å². The normalized spacial score (nSPS) is 16.1. The zero-order chi connectivity index (χ0) is 20.5. The van der Waals surface area contributed by atoms with E-state index in [0.29, 0.717) is 31.7 Å². The number of ether oxygens (including phenoxy) is 1. The third-order valence-electron chi connectivity index (χ3n) is 5.83. The van der Waals surface area contributed by atoms with Crippen LogP contribution in [0.25, 0.3) is 16.5 Å². The summed E-state index contributed by atoms with van der Waals surface area (Å²) in [4.78, 5) is 29.2. The van der Waals surface area contributed by atoms with E-state index < -0.39 is 0 Å². The Morgan fingerprint density at radius 2 is 2.00 bits per heavy atom. The molecular formula is C24H23N3O3. The number of fused-ring (bicyclic) bond motifs is 2. The van der Waals surface area contributed by atoms with E-state index in [4.69, 9.17) is 4.74 Å². The Hall–Kier alpha value is -3.54. The number of carbonyl (C=O) groups is 2. The molecule has 0 saturated carbocycles. The smallest absolute Gasteiger partial charge is 0.260 e. The first kappa shape index (κ1) is 18.5. The lowest BCUT2D eigenvalue weighted by molar-refractivity contribution is -0.132. The first-order valence-corrected chi connectivity index (χ1v) is 10.3. The van der Waals surface area contributed by atoms with Gasteiger partial charge in [0, 0.05) is 47.9 Å². The quantitative estimate of drug-likeness (QED) is 0.699. The highest BCUT2D eigenvalue weighted by atomic mass is 16.5. The summed E-state index contributed by atoms with van der Waals surface area (Å²) in [6.45, 7) is 1.29. The lowest BCUT2D eigenvalue weighted by Gasteiger charge is -2.26. The summed E-state index contributed by atoms with van der Waals surface area (Å²) in [6.07, 6.45) is 6.19. The van der Waals surface area contributed by atoms with Crippen molar-refractivity contribution in [1.82, 2.24) is 9.88 Å². The van der Waals surface area contributed by atoms with Crippen LogP contribution in [0.5, 0.6) is 5.75 Å². The SMILES string of the molecule is O=C1CCc2cc(OCC(=O)N3CC=C(c4c[nH]c5ccccc45)CC3)ccc2N1. The molecule has 2 aliphatic rings. The van der Waals surface area contributed by atoms with Gasteiger partial charge in [0.2, 0.25) is 5.91 Å². The Morgan fingerprint density at radius 3 is 2.87 bits per heavy atom. The molecule has 2 amide bonds. The van der Waals surface area contributed by atoms with Crippen LogP contribution in [-0.2, 0) is 16.0 Å². The number of nitrogens with zero attached hydrogens (tertiary/aromatic N) is 1. The highest BCUT2D eigenvalue weighted by molar-refractivity contribution is 5.94.